The number of methoxy groups -OCH3 is 2. The molecule has 0 aliphatic heterocycles. The summed E-state index contributed by atoms with van der Waals surface area (Å²) in [5.74, 6) is 2.03. The van der Waals surface area contributed by atoms with Gasteiger partial charge in [-0.25, -0.2) is 0 Å². The summed E-state index contributed by atoms with van der Waals surface area (Å²) in [5, 5.41) is 14.5. The molecule has 1 amide bonds. The number of hydrogen-bond donors (Lipinski definition) is 1. The molecule has 0 fully saturated rings. The average molecular weight is 383 g/mol. The Morgan fingerprint density at radius 3 is 2.32 bits per heavy atom. The number of carbonyl (C=O) groups is 1. The van der Waals surface area contributed by atoms with E-state index in [0.29, 0.717) is 29.5 Å². The van der Waals surface area contributed by atoms with E-state index >= 15 is 0 Å². The van der Waals surface area contributed by atoms with Crippen LogP contribution in [0.15, 0.2) is 42.5 Å². The molecule has 2 aromatic carbocycles. The van der Waals surface area contributed by atoms with Gasteiger partial charge in [0.2, 0.25) is 0 Å². The molecule has 0 saturated heterocycles. The molecule has 0 spiro atoms. The quantitative estimate of drug-likeness (QED) is 0.635. The van der Waals surface area contributed by atoms with Gasteiger partial charge in [0.15, 0.2) is 5.82 Å². The molecule has 0 bridgehead atoms. The van der Waals surface area contributed by atoms with Crippen molar-refractivity contribution in [2.75, 3.05) is 20.8 Å². The normalized spacial score (nSPS) is 10.4. The maximum Gasteiger partial charge on any atom is 0.251 e. The summed E-state index contributed by atoms with van der Waals surface area (Å²) in [6, 6.07) is 12.3. The summed E-state index contributed by atoms with van der Waals surface area (Å²) in [7, 11) is 3.06. The van der Waals surface area contributed by atoms with Gasteiger partial charge in [-0.05, 0) is 53.7 Å². The number of aromatic nitrogens is 4. The van der Waals surface area contributed by atoms with E-state index in [2.05, 4.69) is 20.8 Å². The third-order valence-electron chi connectivity index (χ3n) is 3.95. The largest absolute Gasteiger partial charge is 0.497 e. The number of hydrogen-bond acceptors (Lipinski definition) is 7. The number of nitrogens with one attached hydrogen (secondary N) is 1. The lowest BCUT2D eigenvalue weighted by Gasteiger charge is -2.10. The molecule has 1 aromatic heterocycles. The summed E-state index contributed by atoms with van der Waals surface area (Å²) >= 11 is 0. The summed E-state index contributed by atoms with van der Waals surface area (Å²) < 4.78 is 17.4. The Bertz CT molecular complexity index is 918. The van der Waals surface area contributed by atoms with Gasteiger partial charge in [0.05, 0.1) is 33.1 Å². The van der Waals surface area contributed by atoms with Gasteiger partial charge in [0, 0.05) is 11.6 Å². The molecule has 3 rings (SSSR count). The second-order valence-electron chi connectivity index (χ2n) is 5.72. The van der Waals surface area contributed by atoms with E-state index in [1.807, 2.05) is 31.2 Å². The van der Waals surface area contributed by atoms with Crippen LogP contribution in [0, 0.1) is 0 Å². The average Bonchev–Trinajstić information content (AvgIpc) is 3.21. The molecular weight excluding hydrogens is 362 g/mol. The first-order valence-corrected chi connectivity index (χ1v) is 8.66. The fraction of sp³-hybridized carbons (Fsp3) is 0.263. The zero-order valence-corrected chi connectivity index (χ0v) is 15.9. The number of ether oxygens (including phenoxy) is 3. The fourth-order valence-corrected chi connectivity index (χ4v) is 2.57. The number of tetrazole rings is 1. The van der Waals surface area contributed by atoms with Gasteiger partial charge in [0.25, 0.3) is 5.91 Å². The van der Waals surface area contributed by atoms with Crippen LogP contribution in [0.25, 0.3) is 5.69 Å². The van der Waals surface area contributed by atoms with Gasteiger partial charge in [-0.2, -0.15) is 4.68 Å². The standard InChI is InChI=1S/C19H21N5O4/c1-4-28-15-7-5-14(6-8-15)24-18(21-22-23-24)12-20-19(25)13-9-16(26-2)11-17(10-13)27-3/h5-11H,4,12H2,1-3H3,(H,20,25). The van der Waals surface area contributed by atoms with Gasteiger partial charge >= 0.3 is 0 Å². The summed E-state index contributed by atoms with van der Waals surface area (Å²) in [5.41, 5.74) is 1.18. The Balaban J connectivity index is 1.72. The first kappa shape index (κ1) is 19.2. The molecular formula is C19H21N5O4. The van der Waals surface area contributed by atoms with Crippen molar-refractivity contribution in [1.29, 1.82) is 0 Å². The number of rotatable bonds is 8. The zero-order chi connectivity index (χ0) is 19.9. The lowest BCUT2D eigenvalue weighted by molar-refractivity contribution is 0.0949. The molecule has 0 saturated carbocycles. The fourth-order valence-electron chi connectivity index (χ4n) is 2.57. The van der Waals surface area contributed by atoms with E-state index in [4.69, 9.17) is 14.2 Å². The molecule has 0 aliphatic carbocycles. The first-order chi connectivity index (χ1) is 13.6. The molecule has 9 heteroatoms. The number of amides is 1. The Hall–Kier alpha value is -3.62. The summed E-state index contributed by atoms with van der Waals surface area (Å²) in [6.07, 6.45) is 0. The Kier molecular flexibility index (Phi) is 6.05. The maximum absolute atomic E-state index is 12.5. The van der Waals surface area contributed by atoms with Crippen LogP contribution in [0.5, 0.6) is 17.2 Å². The topological polar surface area (TPSA) is 100 Å². The molecule has 0 aliphatic rings. The smallest absolute Gasteiger partial charge is 0.251 e. The van der Waals surface area contributed by atoms with Crippen molar-refractivity contribution in [2.24, 2.45) is 0 Å². The van der Waals surface area contributed by atoms with E-state index in [0.717, 1.165) is 11.4 Å². The Morgan fingerprint density at radius 1 is 1.04 bits per heavy atom. The van der Waals surface area contributed by atoms with E-state index in [1.165, 1.54) is 14.2 Å². The predicted octanol–water partition coefficient (Wildman–Crippen LogP) is 2.01. The van der Waals surface area contributed by atoms with E-state index in [9.17, 15) is 4.79 Å². The second-order valence-corrected chi connectivity index (χ2v) is 5.72. The maximum atomic E-state index is 12.5. The van der Waals surface area contributed by atoms with Crippen molar-refractivity contribution < 1.29 is 19.0 Å². The molecule has 3 aromatic rings. The van der Waals surface area contributed by atoms with Crippen molar-refractivity contribution in [3.8, 4) is 22.9 Å². The van der Waals surface area contributed by atoms with Crippen LogP contribution in [0.2, 0.25) is 0 Å². The third-order valence-corrected chi connectivity index (χ3v) is 3.95. The molecule has 0 unspecified atom stereocenters. The van der Waals surface area contributed by atoms with Crippen molar-refractivity contribution in [1.82, 2.24) is 25.5 Å². The summed E-state index contributed by atoms with van der Waals surface area (Å²) in [6.45, 7) is 2.67. The Labute approximate surface area is 162 Å². The van der Waals surface area contributed by atoms with E-state index in [1.54, 1.807) is 22.9 Å². The van der Waals surface area contributed by atoms with Gasteiger partial charge in [-0.1, -0.05) is 0 Å². The highest BCUT2D eigenvalue weighted by molar-refractivity contribution is 5.95. The molecule has 1 N–H and O–H groups in total. The van der Waals surface area contributed by atoms with Crippen molar-refractivity contribution in [3.63, 3.8) is 0 Å². The van der Waals surface area contributed by atoms with Crippen LogP contribution in [0.1, 0.15) is 23.1 Å². The number of nitrogens with zero attached hydrogens (tertiary/aromatic N) is 4. The molecule has 1 heterocycles. The van der Waals surface area contributed by atoms with E-state index in [-0.39, 0.29) is 12.5 Å². The highest BCUT2D eigenvalue weighted by Gasteiger charge is 2.13. The minimum atomic E-state index is -0.293. The molecule has 0 atom stereocenters. The van der Waals surface area contributed by atoms with Crippen molar-refractivity contribution in [2.45, 2.75) is 13.5 Å². The van der Waals surface area contributed by atoms with Crippen LogP contribution in [-0.2, 0) is 6.54 Å². The predicted molar refractivity (Wildman–Crippen MR) is 101 cm³/mol. The number of carbonyl (C=O) groups excluding carboxylic acids is 1. The van der Waals surface area contributed by atoms with E-state index < -0.39 is 0 Å². The summed E-state index contributed by atoms with van der Waals surface area (Å²) in [4.78, 5) is 12.5. The van der Waals surface area contributed by atoms with Crippen LogP contribution < -0.4 is 19.5 Å². The van der Waals surface area contributed by atoms with Crippen LogP contribution in [0.4, 0.5) is 0 Å². The van der Waals surface area contributed by atoms with Crippen LogP contribution >= 0.6 is 0 Å². The highest BCUT2D eigenvalue weighted by Crippen LogP contribution is 2.22. The minimum Gasteiger partial charge on any atom is -0.497 e. The molecule has 0 radical (unpaired) electrons. The molecule has 28 heavy (non-hydrogen) atoms. The second kappa shape index (κ2) is 8.85. The Morgan fingerprint density at radius 2 is 1.71 bits per heavy atom. The van der Waals surface area contributed by atoms with Gasteiger partial charge in [-0.15, -0.1) is 5.10 Å². The van der Waals surface area contributed by atoms with Gasteiger partial charge in [-0.3, -0.25) is 4.79 Å². The highest BCUT2D eigenvalue weighted by atomic mass is 16.5. The van der Waals surface area contributed by atoms with Crippen molar-refractivity contribution >= 4 is 5.91 Å². The van der Waals surface area contributed by atoms with Gasteiger partial charge < -0.3 is 19.5 Å². The van der Waals surface area contributed by atoms with Crippen molar-refractivity contribution in [3.05, 3.63) is 53.9 Å². The lowest BCUT2D eigenvalue weighted by atomic mass is 10.2. The third kappa shape index (κ3) is 4.37. The van der Waals surface area contributed by atoms with Gasteiger partial charge in [0.1, 0.15) is 17.2 Å². The monoisotopic (exact) mass is 383 g/mol. The molecule has 146 valence electrons. The molecule has 9 nitrogen and oxygen atoms in total. The first-order valence-electron chi connectivity index (χ1n) is 8.66. The lowest BCUT2D eigenvalue weighted by Crippen LogP contribution is -2.24. The van der Waals surface area contributed by atoms with Crippen LogP contribution in [-0.4, -0.2) is 46.9 Å². The zero-order valence-electron chi connectivity index (χ0n) is 15.9. The SMILES string of the molecule is CCOc1ccc(-n2nnnc2CNC(=O)c2cc(OC)cc(OC)c2)cc1. The number of benzene rings is 2. The van der Waals surface area contributed by atoms with Crippen LogP contribution in [0.3, 0.4) is 0 Å². The minimum absolute atomic E-state index is 0.151.